The van der Waals surface area contributed by atoms with Crippen molar-refractivity contribution < 1.29 is 17.9 Å². The van der Waals surface area contributed by atoms with Gasteiger partial charge in [-0.1, -0.05) is 12.1 Å². The summed E-state index contributed by atoms with van der Waals surface area (Å²) >= 11 is 0.893. The lowest BCUT2D eigenvalue weighted by atomic mass is 10.3. The van der Waals surface area contributed by atoms with Crippen molar-refractivity contribution in [1.29, 1.82) is 0 Å². The number of hydrogen-bond acceptors (Lipinski definition) is 4. The van der Waals surface area contributed by atoms with Gasteiger partial charge in [0, 0.05) is 5.38 Å². The largest absolute Gasteiger partial charge is 0.495 e. The molecule has 1 aromatic carbocycles. The molecule has 1 aromatic heterocycles. The Bertz CT molecular complexity index is 539. The number of nitrogens with zero attached hydrogens (tertiary/aromatic N) is 1. The minimum absolute atomic E-state index is 0.173. The maximum absolute atomic E-state index is 12.4. The first-order valence-electron chi connectivity index (χ1n) is 4.93. The number of nitrogens with one attached hydrogen (secondary N) is 1. The summed E-state index contributed by atoms with van der Waals surface area (Å²) in [6.07, 6.45) is -4.42. The van der Waals surface area contributed by atoms with Crippen LogP contribution < -0.4 is 10.1 Å². The summed E-state index contributed by atoms with van der Waals surface area (Å²) in [7, 11) is 1.49. The van der Waals surface area contributed by atoms with Crippen molar-refractivity contribution in [3.63, 3.8) is 0 Å². The average molecular weight is 274 g/mol. The van der Waals surface area contributed by atoms with Crippen LogP contribution in [0.25, 0.3) is 0 Å². The van der Waals surface area contributed by atoms with Gasteiger partial charge in [-0.05, 0) is 12.1 Å². The van der Waals surface area contributed by atoms with E-state index in [1.807, 2.05) is 0 Å². The Kier molecular flexibility index (Phi) is 3.42. The molecule has 0 aliphatic carbocycles. The van der Waals surface area contributed by atoms with E-state index in [0.717, 1.165) is 16.7 Å². The van der Waals surface area contributed by atoms with Gasteiger partial charge in [-0.3, -0.25) is 0 Å². The zero-order valence-electron chi connectivity index (χ0n) is 9.28. The molecule has 0 aliphatic heterocycles. The maximum Gasteiger partial charge on any atom is 0.434 e. The normalized spacial score (nSPS) is 11.3. The Labute approximate surface area is 105 Å². The van der Waals surface area contributed by atoms with Crippen molar-refractivity contribution in [2.75, 3.05) is 12.4 Å². The third-order valence-corrected chi connectivity index (χ3v) is 2.90. The Hall–Kier alpha value is -1.76. The molecule has 0 atom stereocenters. The van der Waals surface area contributed by atoms with Crippen LogP contribution in [0.5, 0.6) is 5.75 Å². The van der Waals surface area contributed by atoms with Crippen LogP contribution in [0.3, 0.4) is 0 Å². The van der Waals surface area contributed by atoms with Gasteiger partial charge >= 0.3 is 6.18 Å². The number of aromatic nitrogens is 1. The molecule has 0 aliphatic rings. The zero-order chi connectivity index (χ0) is 13.2. The molecule has 0 bridgehead atoms. The van der Waals surface area contributed by atoms with Crippen molar-refractivity contribution in [2.24, 2.45) is 0 Å². The molecule has 0 fully saturated rings. The summed E-state index contributed by atoms with van der Waals surface area (Å²) in [5.41, 5.74) is -0.326. The Balaban J connectivity index is 2.22. The van der Waals surface area contributed by atoms with Gasteiger partial charge in [-0.25, -0.2) is 4.98 Å². The van der Waals surface area contributed by atoms with E-state index in [1.165, 1.54) is 7.11 Å². The Morgan fingerprint density at radius 2 is 2.00 bits per heavy atom. The van der Waals surface area contributed by atoms with Crippen LogP contribution in [0.15, 0.2) is 29.6 Å². The molecule has 1 N–H and O–H groups in total. The highest BCUT2D eigenvalue weighted by Gasteiger charge is 2.33. The second kappa shape index (κ2) is 4.85. The number of hydrogen-bond donors (Lipinski definition) is 1. The molecule has 7 heteroatoms. The summed E-state index contributed by atoms with van der Waals surface area (Å²) in [5, 5.41) is 3.94. The molecule has 18 heavy (non-hydrogen) atoms. The summed E-state index contributed by atoms with van der Waals surface area (Å²) in [6.45, 7) is 0. The molecule has 96 valence electrons. The fourth-order valence-electron chi connectivity index (χ4n) is 1.32. The molecule has 0 spiro atoms. The third-order valence-electron chi connectivity index (χ3n) is 2.14. The summed E-state index contributed by atoms with van der Waals surface area (Å²) in [6, 6.07) is 6.93. The number of thiazole rings is 1. The van der Waals surface area contributed by atoms with E-state index in [1.54, 1.807) is 24.3 Å². The van der Waals surface area contributed by atoms with Crippen LogP contribution in [0.4, 0.5) is 24.0 Å². The van der Waals surface area contributed by atoms with Gasteiger partial charge in [0.05, 0.1) is 12.8 Å². The lowest BCUT2D eigenvalue weighted by molar-refractivity contribution is -0.140. The quantitative estimate of drug-likeness (QED) is 0.921. The van der Waals surface area contributed by atoms with E-state index in [0.29, 0.717) is 11.4 Å². The number of halogens is 3. The first-order chi connectivity index (χ1) is 8.50. The molecule has 0 saturated carbocycles. The zero-order valence-corrected chi connectivity index (χ0v) is 10.1. The number of anilines is 2. The van der Waals surface area contributed by atoms with E-state index >= 15 is 0 Å². The van der Waals surface area contributed by atoms with Crippen molar-refractivity contribution >= 4 is 22.2 Å². The minimum Gasteiger partial charge on any atom is -0.495 e. The molecular weight excluding hydrogens is 265 g/mol. The summed E-state index contributed by atoms with van der Waals surface area (Å²) < 4.78 is 42.2. The molecule has 0 amide bonds. The highest BCUT2D eigenvalue weighted by Crippen LogP contribution is 2.34. The summed E-state index contributed by atoms with van der Waals surface area (Å²) in [4.78, 5) is 3.48. The molecule has 0 radical (unpaired) electrons. The Morgan fingerprint density at radius 1 is 1.28 bits per heavy atom. The standard InChI is InChI=1S/C11H9F3N2OS/c1-17-8-5-3-2-4-7(8)15-10-16-9(6-18-10)11(12,13)14/h2-6H,1H3,(H,15,16). The molecule has 2 rings (SSSR count). The third kappa shape index (κ3) is 2.73. The van der Waals surface area contributed by atoms with Crippen molar-refractivity contribution in [1.82, 2.24) is 4.98 Å². The molecule has 0 unspecified atom stereocenters. The molecule has 0 saturated heterocycles. The first kappa shape index (κ1) is 12.7. The fraction of sp³-hybridized carbons (Fsp3) is 0.182. The molecule has 1 heterocycles. The highest BCUT2D eigenvalue weighted by molar-refractivity contribution is 7.13. The van der Waals surface area contributed by atoms with E-state index in [-0.39, 0.29) is 5.13 Å². The number of methoxy groups -OCH3 is 1. The SMILES string of the molecule is COc1ccccc1Nc1nc(C(F)(F)F)cs1. The minimum atomic E-state index is -4.42. The number of para-hydroxylation sites is 2. The van der Waals surface area contributed by atoms with Gasteiger partial charge in [-0.2, -0.15) is 13.2 Å². The van der Waals surface area contributed by atoms with Crippen LogP contribution >= 0.6 is 11.3 Å². The van der Waals surface area contributed by atoms with E-state index in [4.69, 9.17) is 4.74 Å². The molecule has 2 aromatic rings. The lowest BCUT2D eigenvalue weighted by Gasteiger charge is -2.08. The molecule has 3 nitrogen and oxygen atoms in total. The predicted molar refractivity (Wildman–Crippen MR) is 63.4 cm³/mol. The van der Waals surface area contributed by atoms with Crippen LogP contribution in [0, 0.1) is 0 Å². The second-order valence-electron chi connectivity index (χ2n) is 3.36. The van der Waals surface area contributed by atoms with Gasteiger partial charge in [-0.15, -0.1) is 11.3 Å². The van der Waals surface area contributed by atoms with Crippen LogP contribution in [-0.2, 0) is 6.18 Å². The highest BCUT2D eigenvalue weighted by atomic mass is 32.1. The monoisotopic (exact) mass is 274 g/mol. The molecular formula is C11H9F3N2OS. The fourth-order valence-corrected chi connectivity index (χ4v) is 2.05. The van der Waals surface area contributed by atoms with E-state index in [2.05, 4.69) is 10.3 Å². The van der Waals surface area contributed by atoms with Crippen LogP contribution in [-0.4, -0.2) is 12.1 Å². The van der Waals surface area contributed by atoms with Crippen molar-refractivity contribution in [2.45, 2.75) is 6.18 Å². The smallest absolute Gasteiger partial charge is 0.434 e. The number of rotatable bonds is 3. The van der Waals surface area contributed by atoms with Gasteiger partial charge in [0.15, 0.2) is 10.8 Å². The van der Waals surface area contributed by atoms with Crippen molar-refractivity contribution in [3.05, 3.63) is 35.3 Å². The topological polar surface area (TPSA) is 34.1 Å². The van der Waals surface area contributed by atoms with Crippen molar-refractivity contribution in [3.8, 4) is 5.75 Å². The number of benzene rings is 1. The van der Waals surface area contributed by atoms with Gasteiger partial charge in [0.2, 0.25) is 0 Å². The van der Waals surface area contributed by atoms with E-state index in [9.17, 15) is 13.2 Å². The van der Waals surface area contributed by atoms with Crippen LogP contribution in [0.2, 0.25) is 0 Å². The lowest BCUT2D eigenvalue weighted by Crippen LogP contribution is -2.05. The maximum atomic E-state index is 12.4. The van der Waals surface area contributed by atoms with Gasteiger partial charge in [0.1, 0.15) is 5.75 Å². The van der Waals surface area contributed by atoms with Gasteiger partial charge in [0.25, 0.3) is 0 Å². The Morgan fingerprint density at radius 3 is 2.61 bits per heavy atom. The van der Waals surface area contributed by atoms with E-state index < -0.39 is 11.9 Å². The van der Waals surface area contributed by atoms with Crippen LogP contribution in [0.1, 0.15) is 5.69 Å². The first-order valence-corrected chi connectivity index (χ1v) is 5.81. The van der Waals surface area contributed by atoms with Gasteiger partial charge < -0.3 is 10.1 Å². The summed E-state index contributed by atoms with van der Waals surface area (Å²) in [5.74, 6) is 0.543. The second-order valence-corrected chi connectivity index (χ2v) is 4.22. The average Bonchev–Trinajstić information content (AvgIpc) is 2.78. The number of alkyl halides is 3. The number of ether oxygens (including phenoxy) is 1. The predicted octanol–water partition coefficient (Wildman–Crippen LogP) is 3.91.